The zero-order valence-electron chi connectivity index (χ0n) is 16.2. The van der Waals surface area contributed by atoms with E-state index in [1.807, 2.05) is 6.92 Å². The van der Waals surface area contributed by atoms with E-state index in [9.17, 15) is 0 Å². The topological polar surface area (TPSA) is 69.8 Å². The molecule has 0 saturated carbocycles. The molecule has 7 nitrogen and oxygen atoms in total. The van der Waals surface area contributed by atoms with Gasteiger partial charge >= 0.3 is 0 Å². The number of guanidine groups is 1. The number of hydrogen-bond acceptors (Lipinski definition) is 5. The number of nitrogens with zero attached hydrogens (tertiary/aromatic N) is 5. The Hall–Kier alpha value is -1.93. The second-order valence-corrected chi connectivity index (χ2v) is 7.57. The summed E-state index contributed by atoms with van der Waals surface area (Å²) in [4.78, 5) is 13.7. The van der Waals surface area contributed by atoms with Gasteiger partial charge in [0.2, 0.25) is 5.89 Å². The van der Waals surface area contributed by atoms with Crippen molar-refractivity contribution in [1.29, 1.82) is 0 Å². The molecule has 0 bridgehead atoms. The number of piperazine rings is 1. The molecule has 1 aromatic heterocycles. The lowest BCUT2D eigenvalue weighted by atomic mass is 10.1. The zero-order chi connectivity index (χ0) is 19.2. The minimum Gasteiger partial charge on any atom is -0.357 e. The molecule has 1 atom stereocenters. The summed E-state index contributed by atoms with van der Waals surface area (Å²) in [6.07, 6.45) is 0. The summed E-state index contributed by atoms with van der Waals surface area (Å²) in [6.45, 7) is 11.3. The van der Waals surface area contributed by atoms with E-state index in [-0.39, 0.29) is 0 Å². The van der Waals surface area contributed by atoms with Crippen molar-refractivity contribution in [3.8, 4) is 0 Å². The maximum atomic E-state index is 5.16. The molecule has 0 amide bonds. The van der Waals surface area contributed by atoms with E-state index in [1.165, 1.54) is 5.56 Å². The van der Waals surface area contributed by atoms with Crippen molar-refractivity contribution in [2.45, 2.75) is 33.4 Å². The Morgan fingerprint density at radius 1 is 1.26 bits per heavy atom. The van der Waals surface area contributed by atoms with Gasteiger partial charge in [0.15, 0.2) is 11.8 Å². The summed E-state index contributed by atoms with van der Waals surface area (Å²) < 4.78 is 6.28. The molecule has 1 fully saturated rings. The standard InChI is InChI=1S/C19H27BrN6O/c1-4-21-19(22-13-18-23-15(3)24-27-18)26-11-9-25(10-12-26)14(2)16-5-7-17(20)8-6-16/h5-8,14H,4,9-13H2,1-3H3,(H,21,22). The largest absolute Gasteiger partial charge is 0.357 e. The van der Waals surface area contributed by atoms with Crippen molar-refractivity contribution in [3.05, 3.63) is 46.0 Å². The molecular formula is C19H27BrN6O. The normalized spacial score (nSPS) is 17.2. The van der Waals surface area contributed by atoms with Gasteiger partial charge in [-0.15, -0.1) is 0 Å². The minimum absolute atomic E-state index is 0.401. The maximum absolute atomic E-state index is 5.16. The molecule has 2 heterocycles. The number of aromatic nitrogens is 2. The van der Waals surface area contributed by atoms with E-state index in [0.717, 1.165) is 43.2 Å². The van der Waals surface area contributed by atoms with Crippen LogP contribution in [0.3, 0.4) is 0 Å². The number of benzene rings is 1. The second-order valence-electron chi connectivity index (χ2n) is 6.66. The van der Waals surface area contributed by atoms with Crippen LogP contribution in [0.15, 0.2) is 38.3 Å². The molecule has 1 saturated heterocycles. The van der Waals surface area contributed by atoms with Gasteiger partial charge in [0, 0.05) is 43.2 Å². The van der Waals surface area contributed by atoms with E-state index in [4.69, 9.17) is 4.52 Å². The Bertz CT molecular complexity index is 752. The first-order valence-corrected chi connectivity index (χ1v) is 10.2. The highest BCUT2D eigenvalue weighted by Crippen LogP contribution is 2.23. The molecule has 1 aliphatic rings. The first-order chi connectivity index (χ1) is 13.1. The smallest absolute Gasteiger partial charge is 0.248 e. The number of aryl methyl sites for hydroxylation is 1. The molecule has 1 aliphatic heterocycles. The van der Waals surface area contributed by atoms with Crippen LogP contribution in [0.5, 0.6) is 0 Å². The average Bonchev–Trinajstić information content (AvgIpc) is 3.10. The number of aliphatic imine (C=N–C) groups is 1. The van der Waals surface area contributed by atoms with Gasteiger partial charge in [-0.1, -0.05) is 33.2 Å². The van der Waals surface area contributed by atoms with Gasteiger partial charge < -0.3 is 14.7 Å². The Morgan fingerprint density at radius 2 is 1.96 bits per heavy atom. The maximum Gasteiger partial charge on any atom is 0.248 e. The van der Waals surface area contributed by atoms with Crippen LogP contribution in [0.4, 0.5) is 0 Å². The summed E-state index contributed by atoms with van der Waals surface area (Å²) in [7, 11) is 0. The fourth-order valence-electron chi connectivity index (χ4n) is 3.25. The van der Waals surface area contributed by atoms with Crippen LogP contribution in [-0.2, 0) is 6.54 Å². The van der Waals surface area contributed by atoms with Gasteiger partial charge in [-0.25, -0.2) is 4.99 Å². The molecule has 1 unspecified atom stereocenters. The van der Waals surface area contributed by atoms with Crippen LogP contribution in [0.1, 0.15) is 37.2 Å². The third-order valence-corrected chi connectivity index (χ3v) is 5.31. The first-order valence-electron chi connectivity index (χ1n) is 9.38. The second kappa shape index (κ2) is 9.32. The number of halogens is 1. The van der Waals surface area contributed by atoms with Gasteiger partial charge in [0.25, 0.3) is 0 Å². The average molecular weight is 435 g/mol. The van der Waals surface area contributed by atoms with Crippen molar-refractivity contribution in [3.63, 3.8) is 0 Å². The summed E-state index contributed by atoms with van der Waals surface area (Å²) in [6, 6.07) is 9.01. The van der Waals surface area contributed by atoms with Gasteiger partial charge in [-0.3, -0.25) is 4.90 Å². The molecule has 146 valence electrons. The molecule has 0 aliphatic carbocycles. The fraction of sp³-hybridized carbons (Fsp3) is 0.526. The van der Waals surface area contributed by atoms with Crippen molar-refractivity contribution < 1.29 is 4.52 Å². The monoisotopic (exact) mass is 434 g/mol. The molecule has 3 rings (SSSR count). The van der Waals surface area contributed by atoms with Crippen molar-refractivity contribution in [2.75, 3.05) is 32.7 Å². The highest BCUT2D eigenvalue weighted by molar-refractivity contribution is 9.10. The number of hydrogen-bond donors (Lipinski definition) is 1. The summed E-state index contributed by atoms with van der Waals surface area (Å²) in [5.41, 5.74) is 1.35. The fourth-order valence-corrected chi connectivity index (χ4v) is 3.51. The predicted molar refractivity (Wildman–Crippen MR) is 110 cm³/mol. The molecule has 27 heavy (non-hydrogen) atoms. The number of rotatable bonds is 5. The van der Waals surface area contributed by atoms with Crippen LogP contribution in [0.2, 0.25) is 0 Å². The van der Waals surface area contributed by atoms with Crippen molar-refractivity contribution in [1.82, 2.24) is 25.3 Å². The lowest BCUT2D eigenvalue weighted by molar-refractivity contribution is 0.138. The van der Waals surface area contributed by atoms with Crippen LogP contribution < -0.4 is 5.32 Å². The van der Waals surface area contributed by atoms with Crippen LogP contribution >= 0.6 is 15.9 Å². The summed E-state index contributed by atoms with van der Waals surface area (Å²) in [5.74, 6) is 2.09. The highest BCUT2D eigenvalue weighted by Gasteiger charge is 2.23. The lowest BCUT2D eigenvalue weighted by Crippen LogP contribution is -2.52. The molecule has 0 spiro atoms. The van der Waals surface area contributed by atoms with Crippen molar-refractivity contribution in [2.24, 2.45) is 4.99 Å². The van der Waals surface area contributed by atoms with Crippen LogP contribution in [-0.4, -0.2) is 58.6 Å². The minimum atomic E-state index is 0.401. The third-order valence-electron chi connectivity index (χ3n) is 4.78. The Kier molecular flexibility index (Phi) is 6.84. The first kappa shape index (κ1) is 19.8. The van der Waals surface area contributed by atoms with E-state index < -0.39 is 0 Å². The summed E-state index contributed by atoms with van der Waals surface area (Å²) in [5, 5.41) is 7.19. The lowest BCUT2D eigenvalue weighted by Gasteiger charge is -2.39. The Morgan fingerprint density at radius 3 is 2.56 bits per heavy atom. The highest BCUT2D eigenvalue weighted by atomic mass is 79.9. The van der Waals surface area contributed by atoms with Gasteiger partial charge in [-0.05, 0) is 38.5 Å². The predicted octanol–water partition coefficient (Wildman–Crippen LogP) is 2.98. The van der Waals surface area contributed by atoms with Gasteiger partial charge in [0.05, 0.1) is 0 Å². The van der Waals surface area contributed by atoms with E-state index in [0.29, 0.717) is 24.3 Å². The Labute approximate surface area is 169 Å². The Balaban J connectivity index is 1.59. The van der Waals surface area contributed by atoms with Crippen LogP contribution in [0.25, 0.3) is 0 Å². The molecule has 1 N–H and O–H groups in total. The third kappa shape index (κ3) is 5.29. The summed E-state index contributed by atoms with van der Waals surface area (Å²) >= 11 is 3.51. The van der Waals surface area contributed by atoms with Crippen molar-refractivity contribution >= 4 is 21.9 Å². The molecular weight excluding hydrogens is 408 g/mol. The van der Waals surface area contributed by atoms with E-state index >= 15 is 0 Å². The van der Waals surface area contributed by atoms with Gasteiger partial charge in [0.1, 0.15) is 6.54 Å². The molecule has 2 aromatic rings. The van der Waals surface area contributed by atoms with E-state index in [2.05, 4.69) is 84.3 Å². The molecule has 8 heteroatoms. The molecule has 0 radical (unpaired) electrons. The number of nitrogens with one attached hydrogen (secondary N) is 1. The quantitative estimate of drug-likeness (QED) is 0.575. The van der Waals surface area contributed by atoms with Crippen LogP contribution in [0, 0.1) is 6.92 Å². The SMILES string of the molecule is CCNC(=NCc1nc(C)no1)N1CCN(C(C)c2ccc(Br)cc2)CC1. The zero-order valence-corrected chi connectivity index (χ0v) is 17.7. The van der Waals surface area contributed by atoms with E-state index in [1.54, 1.807) is 0 Å². The van der Waals surface area contributed by atoms with Gasteiger partial charge in [-0.2, -0.15) is 4.98 Å². The molecule has 1 aromatic carbocycles.